The van der Waals surface area contributed by atoms with Crippen molar-refractivity contribution < 1.29 is 9.53 Å². The molecule has 1 fully saturated rings. The fourth-order valence-corrected chi connectivity index (χ4v) is 2.77. The van der Waals surface area contributed by atoms with Gasteiger partial charge in [-0.2, -0.15) is 0 Å². The molecular formula is C12H19N3O2S. The third-order valence-corrected chi connectivity index (χ3v) is 4.43. The average Bonchev–Trinajstić information content (AvgIpc) is 2.96. The first-order valence-corrected chi connectivity index (χ1v) is 7.01. The Balaban J connectivity index is 1.94. The number of amides is 1. The Morgan fingerprint density at radius 2 is 2.50 bits per heavy atom. The number of ether oxygens (including phenoxy) is 1. The van der Waals surface area contributed by atoms with Gasteiger partial charge in [0.15, 0.2) is 0 Å². The highest BCUT2D eigenvalue weighted by Gasteiger charge is 2.32. The van der Waals surface area contributed by atoms with Gasteiger partial charge in [0, 0.05) is 17.1 Å². The van der Waals surface area contributed by atoms with Gasteiger partial charge in [-0.15, -0.1) is 11.3 Å². The van der Waals surface area contributed by atoms with Crippen LogP contribution in [0.15, 0.2) is 6.20 Å². The number of thiazole rings is 1. The molecule has 6 heteroatoms. The molecule has 3 N–H and O–H groups in total. The van der Waals surface area contributed by atoms with Crippen LogP contribution in [0.25, 0.3) is 0 Å². The summed E-state index contributed by atoms with van der Waals surface area (Å²) in [5, 5.41) is 3.89. The van der Waals surface area contributed by atoms with Gasteiger partial charge in [0.05, 0.1) is 25.2 Å². The molecule has 0 aromatic carbocycles. The van der Waals surface area contributed by atoms with Crippen molar-refractivity contribution in [3.8, 4) is 0 Å². The number of rotatable bonds is 4. The van der Waals surface area contributed by atoms with E-state index in [1.807, 2.05) is 13.1 Å². The predicted molar refractivity (Wildman–Crippen MR) is 70.3 cm³/mol. The SMILES string of the molecule is CCc1cnc(C(C)NC(=O)C2COCC2N)s1. The highest BCUT2D eigenvalue weighted by Crippen LogP contribution is 2.21. The molecular weight excluding hydrogens is 250 g/mol. The number of hydrogen-bond donors (Lipinski definition) is 2. The van der Waals surface area contributed by atoms with Gasteiger partial charge in [-0.25, -0.2) is 4.98 Å². The number of hydrogen-bond acceptors (Lipinski definition) is 5. The topological polar surface area (TPSA) is 77.2 Å². The molecule has 0 spiro atoms. The molecule has 0 radical (unpaired) electrons. The second kappa shape index (κ2) is 5.77. The van der Waals surface area contributed by atoms with E-state index < -0.39 is 0 Å². The molecule has 2 rings (SSSR count). The lowest BCUT2D eigenvalue weighted by molar-refractivity contribution is -0.125. The Morgan fingerprint density at radius 1 is 1.72 bits per heavy atom. The van der Waals surface area contributed by atoms with Crippen LogP contribution < -0.4 is 11.1 Å². The Labute approximate surface area is 111 Å². The van der Waals surface area contributed by atoms with Crippen LogP contribution >= 0.6 is 11.3 Å². The van der Waals surface area contributed by atoms with E-state index in [2.05, 4.69) is 17.2 Å². The van der Waals surface area contributed by atoms with Crippen LogP contribution in [0.5, 0.6) is 0 Å². The lowest BCUT2D eigenvalue weighted by atomic mass is 10.0. The average molecular weight is 269 g/mol. The second-order valence-electron chi connectivity index (χ2n) is 4.56. The van der Waals surface area contributed by atoms with Crippen molar-refractivity contribution in [1.82, 2.24) is 10.3 Å². The van der Waals surface area contributed by atoms with E-state index in [0.29, 0.717) is 13.2 Å². The number of aromatic nitrogens is 1. The molecule has 1 saturated heterocycles. The van der Waals surface area contributed by atoms with Gasteiger partial charge in [0.2, 0.25) is 5.91 Å². The first-order valence-electron chi connectivity index (χ1n) is 6.20. The highest BCUT2D eigenvalue weighted by molar-refractivity contribution is 7.11. The molecule has 3 unspecified atom stereocenters. The van der Waals surface area contributed by atoms with Crippen LogP contribution in [0, 0.1) is 5.92 Å². The van der Waals surface area contributed by atoms with Gasteiger partial charge < -0.3 is 15.8 Å². The van der Waals surface area contributed by atoms with Crippen molar-refractivity contribution in [1.29, 1.82) is 0 Å². The molecule has 1 aliphatic heterocycles. The first kappa shape index (κ1) is 13.5. The van der Waals surface area contributed by atoms with Crippen LogP contribution in [0.1, 0.15) is 29.8 Å². The summed E-state index contributed by atoms with van der Waals surface area (Å²) in [7, 11) is 0. The molecule has 0 bridgehead atoms. The van der Waals surface area contributed by atoms with E-state index in [-0.39, 0.29) is 23.9 Å². The number of nitrogens with two attached hydrogens (primary N) is 1. The first-order chi connectivity index (χ1) is 8.61. The Kier molecular flexibility index (Phi) is 4.31. The third kappa shape index (κ3) is 2.88. The quantitative estimate of drug-likeness (QED) is 0.850. The van der Waals surface area contributed by atoms with Crippen molar-refractivity contribution in [3.63, 3.8) is 0 Å². The van der Waals surface area contributed by atoms with E-state index in [9.17, 15) is 4.79 Å². The largest absolute Gasteiger partial charge is 0.379 e. The molecule has 5 nitrogen and oxygen atoms in total. The smallest absolute Gasteiger partial charge is 0.227 e. The summed E-state index contributed by atoms with van der Waals surface area (Å²) >= 11 is 1.64. The molecule has 3 atom stereocenters. The molecule has 100 valence electrons. The fourth-order valence-electron chi connectivity index (χ4n) is 1.91. The number of carbonyl (C=O) groups is 1. The maximum Gasteiger partial charge on any atom is 0.227 e. The zero-order valence-electron chi connectivity index (χ0n) is 10.7. The van der Waals surface area contributed by atoms with E-state index in [1.165, 1.54) is 4.88 Å². The summed E-state index contributed by atoms with van der Waals surface area (Å²) in [6, 6.07) is -0.268. The van der Waals surface area contributed by atoms with Crippen LogP contribution in [0.4, 0.5) is 0 Å². The zero-order chi connectivity index (χ0) is 13.1. The normalized spacial score (nSPS) is 25.1. The maximum atomic E-state index is 12.0. The van der Waals surface area contributed by atoms with Crippen molar-refractivity contribution in [2.75, 3.05) is 13.2 Å². The summed E-state index contributed by atoms with van der Waals surface area (Å²) in [6.45, 7) is 4.91. The van der Waals surface area contributed by atoms with Crippen LogP contribution in [0.3, 0.4) is 0 Å². The van der Waals surface area contributed by atoms with E-state index >= 15 is 0 Å². The van der Waals surface area contributed by atoms with Gasteiger partial charge in [-0.05, 0) is 13.3 Å². The summed E-state index contributed by atoms with van der Waals surface area (Å²) in [5.74, 6) is -0.279. The van der Waals surface area contributed by atoms with Crippen molar-refractivity contribution in [3.05, 3.63) is 16.1 Å². The molecule has 2 heterocycles. The number of aryl methyl sites for hydroxylation is 1. The Morgan fingerprint density at radius 3 is 3.06 bits per heavy atom. The molecule has 1 aliphatic rings. The molecule has 0 saturated carbocycles. The number of nitrogens with one attached hydrogen (secondary N) is 1. The fraction of sp³-hybridized carbons (Fsp3) is 0.667. The minimum absolute atomic E-state index is 0.0410. The molecule has 1 aromatic rings. The Bertz CT molecular complexity index is 421. The summed E-state index contributed by atoms with van der Waals surface area (Å²) < 4.78 is 5.20. The molecule has 1 aromatic heterocycles. The maximum absolute atomic E-state index is 12.0. The summed E-state index contributed by atoms with van der Waals surface area (Å²) in [5.41, 5.74) is 5.82. The van der Waals surface area contributed by atoms with Crippen molar-refractivity contribution >= 4 is 17.2 Å². The second-order valence-corrected chi connectivity index (χ2v) is 5.70. The monoisotopic (exact) mass is 269 g/mol. The van der Waals surface area contributed by atoms with Gasteiger partial charge in [-0.1, -0.05) is 6.92 Å². The van der Waals surface area contributed by atoms with Gasteiger partial charge in [0.25, 0.3) is 0 Å². The predicted octanol–water partition coefficient (Wildman–Crippen LogP) is 0.856. The van der Waals surface area contributed by atoms with Crippen LogP contribution in [-0.4, -0.2) is 30.1 Å². The minimum Gasteiger partial charge on any atom is -0.379 e. The highest BCUT2D eigenvalue weighted by atomic mass is 32.1. The Hall–Kier alpha value is -0.980. The zero-order valence-corrected chi connectivity index (χ0v) is 11.5. The van der Waals surface area contributed by atoms with Crippen LogP contribution in [0.2, 0.25) is 0 Å². The van der Waals surface area contributed by atoms with E-state index in [0.717, 1.165) is 11.4 Å². The molecule has 0 aliphatic carbocycles. The van der Waals surface area contributed by atoms with Crippen molar-refractivity contribution in [2.45, 2.75) is 32.4 Å². The minimum atomic E-state index is -0.238. The third-order valence-electron chi connectivity index (χ3n) is 3.11. The van der Waals surface area contributed by atoms with Gasteiger partial charge >= 0.3 is 0 Å². The van der Waals surface area contributed by atoms with E-state index in [1.54, 1.807) is 11.3 Å². The molecule has 1 amide bonds. The van der Waals surface area contributed by atoms with Crippen molar-refractivity contribution in [2.24, 2.45) is 11.7 Å². The van der Waals surface area contributed by atoms with Gasteiger partial charge in [0.1, 0.15) is 5.01 Å². The van der Waals surface area contributed by atoms with E-state index in [4.69, 9.17) is 10.5 Å². The number of carbonyl (C=O) groups excluding carboxylic acids is 1. The lowest BCUT2D eigenvalue weighted by Gasteiger charge is -2.16. The van der Waals surface area contributed by atoms with Crippen LogP contribution in [-0.2, 0) is 16.0 Å². The summed E-state index contributed by atoms with van der Waals surface area (Å²) in [4.78, 5) is 17.6. The number of nitrogens with zero attached hydrogens (tertiary/aromatic N) is 1. The molecule has 18 heavy (non-hydrogen) atoms. The van der Waals surface area contributed by atoms with Gasteiger partial charge in [-0.3, -0.25) is 4.79 Å². The standard InChI is InChI=1S/C12H19N3O2S/c1-3-8-4-14-12(18-8)7(2)15-11(16)9-5-17-6-10(9)13/h4,7,9-10H,3,5-6,13H2,1-2H3,(H,15,16). The summed E-state index contributed by atoms with van der Waals surface area (Å²) in [6.07, 6.45) is 2.84. The lowest BCUT2D eigenvalue weighted by Crippen LogP contribution is -2.41.